The van der Waals surface area contributed by atoms with Crippen molar-refractivity contribution < 1.29 is 22.8 Å². The van der Waals surface area contributed by atoms with Crippen LogP contribution >= 0.6 is 23.2 Å². The summed E-state index contributed by atoms with van der Waals surface area (Å²) in [5.74, 6) is -2.18. The van der Waals surface area contributed by atoms with Gasteiger partial charge in [-0.2, -0.15) is 18.3 Å². The van der Waals surface area contributed by atoms with Crippen molar-refractivity contribution >= 4 is 46.9 Å². The van der Waals surface area contributed by atoms with Crippen molar-refractivity contribution in [3.05, 3.63) is 63.6 Å². The molecule has 0 radical (unpaired) electrons. The van der Waals surface area contributed by atoms with Crippen molar-refractivity contribution in [1.29, 1.82) is 0 Å². The maximum atomic E-state index is 12.5. The second-order valence-corrected chi connectivity index (χ2v) is 5.72. The molecule has 0 spiro atoms. The van der Waals surface area contributed by atoms with Crippen LogP contribution in [0.1, 0.15) is 11.1 Å². The van der Waals surface area contributed by atoms with Gasteiger partial charge in [0.25, 0.3) is 0 Å². The van der Waals surface area contributed by atoms with E-state index in [1.54, 1.807) is 6.07 Å². The molecule has 0 heterocycles. The first kappa shape index (κ1) is 19.7. The quantitative estimate of drug-likeness (QED) is 0.460. The van der Waals surface area contributed by atoms with E-state index < -0.39 is 23.6 Å². The summed E-state index contributed by atoms with van der Waals surface area (Å²) in [5, 5.41) is 6.38. The minimum absolute atomic E-state index is 0.0339. The molecule has 26 heavy (non-hydrogen) atoms. The van der Waals surface area contributed by atoms with Crippen molar-refractivity contribution in [1.82, 2.24) is 5.43 Å². The van der Waals surface area contributed by atoms with Crippen LogP contribution in [0.25, 0.3) is 0 Å². The van der Waals surface area contributed by atoms with Crippen LogP contribution in [-0.4, -0.2) is 18.0 Å². The number of hydrazone groups is 1. The molecular weight excluding hydrogens is 394 g/mol. The highest BCUT2D eigenvalue weighted by Crippen LogP contribution is 2.29. The average Bonchev–Trinajstić information content (AvgIpc) is 2.57. The number of benzene rings is 2. The Balaban J connectivity index is 1.92. The zero-order valence-electron chi connectivity index (χ0n) is 12.8. The van der Waals surface area contributed by atoms with Gasteiger partial charge in [0.1, 0.15) is 0 Å². The number of nitrogens with one attached hydrogen (secondary N) is 2. The number of carbonyl (C=O) groups excluding carboxylic acids is 2. The van der Waals surface area contributed by atoms with Gasteiger partial charge in [-0.25, -0.2) is 5.43 Å². The van der Waals surface area contributed by atoms with Crippen LogP contribution in [0.5, 0.6) is 0 Å². The van der Waals surface area contributed by atoms with E-state index in [9.17, 15) is 22.8 Å². The van der Waals surface area contributed by atoms with E-state index >= 15 is 0 Å². The minimum atomic E-state index is -4.49. The molecule has 2 aromatic carbocycles. The lowest BCUT2D eigenvalue weighted by molar-refractivity contribution is -0.137. The Hall–Kier alpha value is -2.58. The first-order chi connectivity index (χ1) is 12.2. The van der Waals surface area contributed by atoms with Gasteiger partial charge in [0.15, 0.2) is 0 Å². The molecule has 0 unspecified atom stereocenters. The van der Waals surface area contributed by atoms with E-state index in [-0.39, 0.29) is 5.69 Å². The van der Waals surface area contributed by atoms with Crippen LogP contribution in [0.4, 0.5) is 18.9 Å². The molecule has 0 aliphatic rings. The topological polar surface area (TPSA) is 70.6 Å². The van der Waals surface area contributed by atoms with Crippen LogP contribution in [0, 0.1) is 0 Å². The first-order valence-corrected chi connectivity index (χ1v) is 7.69. The number of carbonyl (C=O) groups is 2. The second kappa shape index (κ2) is 8.20. The Morgan fingerprint density at radius 3 is 2.19 bits per heavy atom. The SMILES string of the molecule is O=C(NN=Cc1ccc(Cl)c(Cl)c1)C(=O)Nc1ccc(C(F)(F)F)cc1. The van der Waals surface area contributed by atoms with Gasteiger partial charge in [-0.3, -0.25) is 9.59 Å². The maximum Gasteiger partial charge on any atom is 0.416 e. The maximum absolute atomic E-state index is 12.5. The summed E-state index contributed by atoms with van der Waals surface area (Å²) in [7, 11) is 0. The molecule has 10 heteroatoms. The Morgan fingerprint density at radius 1 is 0.962 bits per heavy atom. The van der Waals surface area contributed by atoms with Crippen LogP contribution < -0.4 is 10.7 Å². The van der Waals surface area contributed by atoms with Crippen LogP contribution in [0.2, 0.25) is 10.0 Å². The van der Waals surface area contributed by atoms with Crippen molar-refractivity contribution in [3.8, 4) is 0 Å². The normalized spacial score (nSPS) is 11.4. The van der Waals surface area contributed by atoms with E-state index in [1.807, 2.05) is 5.43 Å². The molecule has 2 N–H and O–H groups in total. The van der Waals surface area contributed by atoms with Gasteiger partial charge < -0.3 is 5.32 Å². The van der Waals surface area contributed by atoms with E-state index in [0.29, 0.717) is 15.6 Å². The number of anilines is 1. The fourth-order valence-electron chi connectivity index (χ4n) is 1.74. The third-order valence-corrected chi connectivity index (χ3v) is 3.74. The van der Waals surface area contributed by atoms with Crippen LogP contribution in [0.3, 0.4) is 0 Å². The van der Waals surface area contributed by atoms with E-state index in [1.165, 1.54) is 18.3 Å². The third kappa shape index (κ3) is 5.47. The molecule has 0 aliphatic carbocycles. The fourth-order valence-corrected chi connectivity index (χ4v) is 2.05. The van der Waals surface area contributed by atoms with Gasteiger partial charge in [0.05, 0.1) is 21.8 Å². The molecule has 0 saturated heterocycles. The lowest BCUT2D eigenvalue weighted by Gasteiger charge is -2.08. The number of nitrogens with zero attached hydrogens (tertiary/aromatic N) is 1. The van der Waals surface area contributed by atoms with Crippen molar-refractivity contribution in [2.24, 2.45) is 5.10 Å². The molecule has 2 amide bonds. The highest BCUT2D eigenvalue weighted by atomic mass is 35.5. The van der Waals surface area contributed by atoms with E-state index in [0.717, 1.165) is 24.3 Å². The highest BCUT2D eigenvalue weighted by molar-refractivity contribution is 6.42. The number of hydrogen-bond acceptors (Lipinski definition) is 3. The molecule has 2 aromatic rings. The molecule has 5 nitrogen and oxygen atoms in total. The van der Waals surface area contributed by atoms with Gasteiger partial charge in [-0.15, -0.1) is 0 Å². The number of rotatable bonds is 3. The second-order valence-electron chi connectivity index (χ2n) is 4.90. The van der Waals surface area contributed by atoms with E-state index in [4.69, 9.17) is 23.2 Å². The van der Waals surface area contributed by atoms with E-state index in [2.05, 4.69) is 10.4 Å². The molecule has 136 valence electrons. The van der Waals surface area contributed by atoms with Gasteiger partial charge in [-0.1, -0.05) is 29.3 Å². The fraction of sp³-hybridized carbons (Fsp3) is 0.0625. The Labute approximate surface area is 155 Å². The minimum Gasteiger partial charge on any atom is -0.318 e. The van der Waals surface area contributed by atoms with Crippen LogP contribution in [-0.2, 0) is 15.8 Å². The summed E-state index contributed by atoms with van der Waals surface area (Å²) in [6, 6.07) is 8.27. The lowest BCUT2D eigenvalue weighted by atomic mass is 10.2. The monoisotopic (exact) mass is 403 g/mol. The van der Waals surface area contributed by atoms with Gasteiger partial charge in [-0.05, 0) is 42.0 Å². The van der Waals surface area contributed by atoms with Gasteiger partial charge in [0, 0.05) is 5.69 Å². The predicted molar refractivity (Wildman–Crippen MR) is 92.3 cm³/mol. The number of alkyl halides is 3. The summed E-state index contributed by atoms with van der Waals surface area (Å²) >= 11 is 11.6. The van der Waals surface area contributed by atoms with Crippen molar-refractivity contribution in [3.63, 3.8) is 0 Å². The summed E-state index contributed by atoms with van der Waals surface area (Å²) in [6.45, 7) is 0. The standard InChI is InChI=1S/C16H10Cl2F3N3O2/c17-12-6-1-9(7-13(12)18)8-22-24-15(26)14(25)23-11-4-2-10(3-5-11)16(19,20)21/h1-8H,(H,23,25)(H,24,26). The Morgan fingerprint density at radius 2 is 1.62 bits per heavy atom. The highest BCUT2D eigenvalue weighted by Gasteiger charge is 2.30. The number of hydrogen-bond donors (Lipinski definition) is 2. The van der Waals surface area contributed by atoms with Crippen LogP contribution in [0.15, 0.2) is 47.6 Å². The molecule has 0 bridgehead atoms. The Kier molecular flexibility index (Phi) is 6.23. The summed E-state index contributed by atoms with van der Waals surface area (Å²) in [6.07, 6.45) is -3.25. The number of amides is 2. The predicted octanol–water partition coefficient (Wildman–Crippen LogP) is 4.10. The first-order valence-electron chi connectivity index (χ1n) is 6.93. The van der Waals surface area contributed by atoms with Crippen molar-refractivity contribution in [2.75, 3.05) is 5.32 Å². The zero-order valence-corrected chi connectivity index (χ0v) is 14.3. The molecule has 0 atom stereocenters. The molecule has 0 saturated carbocycles. The molecule has 0 aromatic heterocycles. The van der Waals surface area contributed by atoms with Gasteiger partial charge >= 0.3 is 18.0 Å². The summed E-state index contributed by atoms with van der Waals surface area (Å²) in [4.78, 5) is 23.3. The molecular formula is C16H10Cl2F3N3O2. The summed E-state index contributed by atoms with van der Waals surface area (Å²) < 4.78 is 37.4. The number of halogens is 5. The van der Waals surface area contributed by atoms with Gasteiger partial charge in [0.2, 0.25) is 0 Å². The average molecular weight is 404 g/mol. The lowest BCUT2D eigenvalue weighted by Crippen LogP contribution is -2.32. The zero-order chi connectivity index (χ0) is 19.3. The summed E-state index contributed by atoms with van der Waals surface area (Å²) in [5.41, 5.74) is 1.68. The molecule has 2 rings (SSSR count). The smallest absolute Gasteiger partial charge is 0.318 e. The third-order valence-electron chi connectivity index (χ3n) is 3.00. The largest absolute Gasteiger partial charge is 0.416 e. The molecule has 0 aliphatic heterocycles. The molecule has 0 fully saturated rings. The Bertz CT molecular complexity index is 853. The van der Waals surface area contributed by atoms with Crippen molar-refractivity contribution in [2.45, 2.75) is 6.18 Å².